The minimum atomic E-state index is -1.57. The number of fused-ring (bicyclic) bond motifs is 5. The average Bonchev–Trinajstić information content (AvgIpc) is 3.32. The molecule has 1 heterocycles. The number of aliphatic hydroxyl groups is 6. The third kappa shape index (κ3) is 6.54. The van der Waals surface area contributed by atoms with E-state index >= 15 is 0 Å². The minimum absolute atomic E-state index is 0.0794. The van der Waals surface area contributed by atoms with E-state index in [1.165, 1.54) is 57.8 Å². The molecule has 5 rings (SSSR count). The van der Waals surface area contributed by atoms with Gasteiger partial charge in [-0.3, -0.25) is 0 Å². The lowest BCUT2D eigenvalue weighted by atomic mass is 9.47. The van der Waals surface area contributed by atoms with Gasteiger partial charge in [0.05, 0.1) is 12.7 Å². The van der Waals surface area contributed by atoms with E-state index in [0.29, 0.717) is 10.8 Å². The second-order valence-electron chi connectivity index (χ2n) is 15.6. The summed E-state index contributed by atoms with van der Waals surface area (Å²) in [4.78, 5) is 0. The molecule has 7 heteroatoms. The molecule has 42 heavy (non-hydrogen) atoms. The Hall–Kier alpha value is -0.540. The highest BCUT2D eigenvalue weighted by atomic mass is 16.6. The standard InChI is InChI=1S/C29H50O.C6H12O6/c1-7-21(19(2)3)9-8-20(4)25-12-13-26-24-11-10-22-18-23(30)14-16-28(22,5)27(24)15-17-29(25,26)6;7-1-2-3(8)4(9)5(10)6(11)12-2/h10,19-21,23-27,30H,7-9,11-18H2,1-6H3;2-11H,1H2/t20-,21-,23+,24+,25-,26+,27+,28+,29-;2-,3-,4+,5-,6?/m11/s1. The monoisotopic (exact) mass is 594 g/mol. The summed E-state index contributed by atoms with van der Waals surface area (Å²) in [6, 6.07) is 0. The number of hydrogen-bond donors (Lipinski definition) is 6. The molecule has 0 radical (unpaired) electrons. The zero-order chi connectivity index (χ0) is 31.0. The van der Waals surface area contributed by atoms with Crippen molar-refractivity contribution in [1.29, 1.82) is 0 Å². The van der Waals surface area contributed by atoms with Crippen LogP contribution in [0.3, 0.4) is 0 Å². The Morgan fingerprint density at radius 2 is 1.60 bits per heavy atom. The Morgan fingerprint density at radius 1 is 0.881 bits per heavy atom. The molecule has 14 atom stereocenters. The van der Waals surface area contributed by atoms with Crippen molar-refractivity contribution in [3.63, 3.8) is 0 Å². The lowest BCUT2D eigenvalue weighted by Crippen LogP contribution is -2.58. The maximum atomic E-state index is 10.2. The van der Waals surface area contributed by atoms with Crippen LogP contribution in [0.5, 0.6) is 0 Å². The molecule has 0 aromatic heterocycles. The van der Waals surface area contributed by atoms with Gasteiger partial charge in [0.15, 0.2) is 6.29 Å². The van der Waals surface area contributed by atoms with Crippen molar-refractivity contribution in [3.8, 4) is 0 Å². The molecule has 4 fully saturated rings. The van der Waals surface area contributed by atoms with Gasteiger partial charge in [-0.05, 0) is 110 Å². The molecule has 0 spiro atoms. The number of ether oxygens (including phenoxy) is 1. The molecular weight excluding hydrogens is 532 g/mol. The van der Waals surface area contributed by atoms with Gasteiger partial charge < -0.3 is 35.4 Å². The molecule has 0 aromatic carbocycles. The Labute approximate surface area is 254 Å². The average molecular weight is 595 g/mol. The van der Waals surface area contributed by atoms with Gasteiger partial charge in [-0.15, -0.1) is 0 Å². The second kappa shape index (κ2) is 13.8. The van der Waals surface area contributed by atoms with Crippen LogP contribution in [-0.2, 0) is 4.74 Å². The Bertz CT molecular complexity index is 903. The van der Waals surface area contributed by atoms with E-state index in [1.807, 2.05) is 0 Å². The molecule has 6 N–H and O–H groups in total. The molecular formula is C35H62O7. The summed E-state index contributed by atoms with van der Waals surface area (Å²) in [6.07, 6.45) is 10.1. The predicted octanol–water partition coefficient (Wildman–Crippen LogP) is 4.80. The summed E-state index contributed by atoms with van der Waals surface area (Å²) in [6.45, 7) is 14.6. The zero-order valence-corrected chi connectivity index (χ0v) is 27.2. The molecule has 1 aliphatic heterocycles. The Balaban J connectivity index is 0.000000283. The van der Waals surface area contributed by atoms with Gasteiger partial charge >= 0.3 is 0 Å². The zero-order valence-electron chi connectivity index (χ0n) is 27.2. The van der Waals surface area contributed by atoms with E-state index in [-0.39, 0.29) is 6.10 Å². The van der Waals surface area contributed by atoms with Crippen LogP contribution in [0.15, 0.2) is 11.6 Å². The number of aliphatic hydroxyl groups excluding tert-OH is 6. The molecule has 1 unspecified atom stereocenters. The van der Waals surface area contributed by atoms with Crippen molar-refractivity contribution in [2.75, 3.05) is 6.61 Å². The topological polar surface area (TPSA) is 131 Å². The van der Waals surface area contributed by atoms with Crippen LogP contribution in [0.25, 0.3) is 0 Å². The van der Waals surface area contributed by atoms with E-state index < -0.39 is 37.3 Å². The molecule has 0 bridgehead atoms. The second-order valence-corrected chi connectivity index (χ2v) is 15.6. The number of rotatable bonds is 7. The van der Waals surface area contributed by atoms with Crippen molar-refractivity contribution in [1.82, 2.24) is 0 Å². The van der Waals surface area contributed by atoms with Crippen molar-refractivity contribution in [2.24, 2.45) is 52.3 Å². The fourth-order valence-electron chi connectivity index (χ4n) is 10.4. The van der Waals surface area contributed by atoms with Gasteiger partial charge in [0, 0.05) is 0 Å². The number of hydrogen-bond acceptors (Lipinski definition) is 7. The maximum absolute atomic E-state index is 10.2. The van der Waals surface area contributed by atoms with Crippen LogP contribution in [-0.4, -0.2) is 74.1 Å². The summed E-state index contributed by atoms with van der Waals surface area (Å²) in [5.74, 6) is 6.31. The Morgan fingerprint density at radius 3 is 2.24 bits per heavy atom. The van der Waals surface area contributed by atoms with E-state index in [0.717, 1.165) is 54.3 Å². The highest BCUT2D eigenvalue weighted by Gasteiger charge is 2.59. The first-order valence-corrected chi connectivity index (χ1v) is 17.1. The smallest absolute Gasteiger partial charge is 0.184 e. The quantitative estimate of drug-likeness (QED) is 0.234. The molecule has 0 amide bonds. The molecule has 0 aromatic rings. The third-order valence-corrected chi connectivity index (χ3v) is 13.2. The highest BCUT2D eigenvalue weighted by Crippen LogP contribution is 2.67. The normalized spacial score (nSPS) is 46.5. The first-order chi connectivity index (χ1) is 19.8. The lowest BCUT2D eigenvalue weighted by molar-refractivity contribution is -0.286. The fraction of sp³-hybridized carbons (Fsp3) is 0.943. The number of allylic oxidation sites excluding steroid dienone is 1. The van der Waals surface area contributed by atoms with Crippen molar-refractivity contribution >= 4 is 0 Å². The molecule has 244 valence electrons. The van der Waals surface area contributed by atoms with Gasteiger partial charge in [0.2, 0.25) is 0 Å². The van der Waals surface area contributed by atoms with E-state index in [1.54, 1.807) is 5.57 Å². The third-order valence-electron chi connectivity index (χ3n) is 13.2. The highest BCUT2D eigenvalue weighted by molar-refractivity contribution is 5.25. The van der Waals surface area contributed by atoms with E-state index in [4.69, 9.17) is 25.5 Å². The van der Waals surface area contributed by atoms with Crippen molar-refractivity contribution in [3.05, 3.63) is 11.6 Å². The fourth-order valence-corrected chi connectivity index (χ4v) is 10.4. The van der Waals surface area contributed by atoms with Crippen LogP contribution in [0.4, 0.5) is 0 Å². The van der Waals surface area contributed by atoms with Crippen LogP contribution in [0.1, 0.15) is 112 Å². The summed E-state index contributed by atoms with van der Waals surface area (Å²) in [5.41, 5.74) is 2.59. The van der Waals surface area contributed by atoms with Gasteiger partial charge in [-0.1, -0.05) is 66.0 Å². The van der Waals surface area contributed by atoms with Gasteiger partial charge in [-0.2, -0.15) is 0 Å². The first kappa shape index (κ1) is 34.3. The van der Waals surface area contributed by atoms with Gasteiger partial charge in [0.25, 0.3) is 0 Å². The van der Waals surface area contributed by atoms with Crippen LogP contribution in [0, 0.1) is 52.3 Å². The summed E-state index contributed by atoms with van der Waals surface area (Å²) in [7, 11) is 0. The summed E-state index contributed by atoms with van der Waals surface area (Å²) in [5, 5.41) is 54.9. The molecule has 7 nitrogen and oxygen atoms in total. The summed E-state index contributed by atoms with van der Waals surface area (Å²) >= 11 is 0. The largest absolute Gasteiger partial charge is 0.394 e. The molecule has 3 saturated carbocycles. The van der Waals surface area contributed by atoms with Crippen LogP contribution >= 0.6 is 0 Å². The van der Waals surface area contributed by atoms with Gasteiger partial charge in [0.1, 0.15) is 24.4 Å². The summed E-state index contributed by atoms with van der Waals surface area (Å²) < 4.78 is 4.58. The predicted molar refractivity (Wildman–Crippen MR) is 164 cm³/mol. The van der Waals surface area contributed by atoms with E-state index in [2.05, 4.69) is 52.4 Å². The molecule has 5 aliphatic rings. The molecule has 1 saturated heterocycles. The SMILES string of the molecule is CC[C@H](CC[C@@H](C)[C@H]1CC[C@H]2[C@@H]3CC=C4C[C@@H](O)CC[C@]4(C)[C@H]3CC[C@]12C)C(C)C.OC[C@H]1OC(O)[C@H](O)[C@@H](O)[C@@H]1O. The maximum Gasteiger partial charge on any atom is 0.184 e. The van der Waals surface area contributed by atoms with Crippen molar-refractivity contribution < 1.29 is 35.4 Å². The van der Waals surface area contributed by atoms with Crippen LogP contribution < -0.4 is 0 Å². The van der Waals surface area contributed by atoms with Crippen molar-refractivity contribution in [2.45, 2.75) is 149 Å². The molecule has 4 aliphatic carbocycles. The van der Waals surface area contributed by atoms with E-state index in [9.17, 15) is 5.11 Å². The minimum Gasteiger partial charge on any atom is -0.394 e. The van der Waals surface area contributed by atoms with Crippen LogP contribution in [0.2, 0.25) is 0 Å². The lowest BCUT2D eigenvalue weighted by Gasteiger charge is -2.58. The first-order valence-electron chi connectivity index (χ1n) is 17.1. The Kier molecular flexibility index (Phi) is 11.3. The van der Waals surface area contributed by atoms with Gasteiger partial charge in [-0.25, -0.2) is 0 Å².